The van der Waals surface area contributed by atoms with Gasteiger partial charge >= 0.3 is 5.97 Å². The van der Waals surface area contributed by atoms with Gasteiger partial charge in [-0.3, -0.25) is 9.59 Å². The minimum atomic E-state index is -0.946. The lowest BCUT2D eigenvalue weighted by Crippen LogP contribution is -2.35. The second-order valence-electron chi connectivity index (χ2n) is 5.19. The van der Waals surface area contributed by atoms with E-state index in [2.05, 4.69) is 11.4 Å². The minimum absolute atomic E-state index is 0.0707. The summed E-state index contributed by atoms with van der Waals surface area (Å²) in [7, 11) is 0. The lowest BCUT2D eigenvalue weighted by atomic mass is 9.92. The first-order chi connectivity index (χ1) is 10.1. The molecule has 1 aromatic rings. The van der Waals surface area contributed by atoms with E-state index < -0.39 is 12.0 Å². The topological polar surface area (TPSA) is 66.4 Å². The molecular formula is C16H18ClNO3. The number of carboxylic acid groups (broad SMARTS) is 1. The Labute approximate surface area is 128 Å². The van der Waals surface area contributed by atoms with Crippen LogP contribution in [0.4, 0.5) is 0 Å². The Balaban J connectivity index is 2.08. The Bertz CT molecular complexity index is 539. The molecule has 0 saturated heterocycles. The number of carbonyl (C=O) groups excluding carboxylic acids is 1. The maximum atomic E-state index is 12.3. The van der Waals surface area contributed by atoms with Gasteiger partial charge in [0.05, 0.1) is 12.5 Å². The first-order valence-corrected chi connectivity index (χ1v) is 7.36. The minimum Gasteiger partial charge on any atom is -0.481 e. The summed E-state index contributed by atoms with van der Waals surface area (Å²) in [5, 5.41) is 12.5. The number of nitrogens with one attached hydrogen (secondary N) is 1. The third-order valence-electron chi connectivity index (χ3n) is 3.61. The molecule has 0 spiro atoms. The summed E-state index contributed by atoms with van der Waals surface area (Å²) in [6.45, 7) is 0. The van der Waals surface area contributed by atoms with E-state index in [1.165, 1.54) is 0 Å². The van der Waals surface area contributed by atoms with Gasteiger partial charge < -0.3 is 10.4 Å². The molecule has 2 N–H and O–H groups in total. The first kappa shape index (κ1) is 15.6. The van der Waals surface area contributed by atoms with Gasteiger partial charge in [-0.1, -0.05) is 35.9 Å². The number of allylic oxidation sites excluding steroid dienone is 2. The Morgan fingerprint density at radius 2 is 2.00 bits per heavy atom. The Kier molecular flexibility index (Phi) is 5.39. The summed E-state index contributed by atoms with van der Waals surface area (Å²) < 4.78 is 0. The summed E-state index contributed by atoms with van der Waals surface area (Å²) in [4.78, 5) is 23.3. The number of carbonyl (C=O) groups is 2. The van der Waals surface area contributed by atoms with Crippen LogP contribution in [0.3, 0.4) is 0 Å². The molecule has 2 rings (SSSR count). The molecule has 0 heterocycles. The molecule has 0 fully saturated rings. The van der Waals surface area contributed by atoms with Gasteiger partial charge in [-0.05, 0) is 37.0 Å². The molecule has 4 nitrogen and oxygen atoms in total. The van der Waals surface area contributed by atoms with Crippen LogP contribution in [0.5, 0.6) is 0 Å². The molecule has 1 aliphatic carbocycles. The third kappa shape index (κ3) is 4.60. The standard InChI is InChI=1S/C16H18ClNO3/c17-13-8-6-11(7-9-13)14(10-15(19)20)18-16(21)12-4-2-1-3-5-12/h1-2,6-9,12,14H,3-5,10H2,(H,18,21)(H,19,20)/t12?,14-/m0/s1. The highest BCUT2D eigenvalue weighted by Gasteiger charge is 2.23. The van der Waals surface area contributed by atoms with Crippen molar-refractivity contribution in [3.05, 3.63) is 47.0 Å². The normalized spacial score (nSPS) is 19.0. The number of benzene rings is 1. The lowest BCUT2D eigenvalue weighted by molar-refractivity contribution is -0.138. The van der Waals surface area contributed by atoms with Crippen LogP contribution in [0.25, 0.3) is 0 Å². The molecule has 0 bridgehead atoms. The van der Waals surface area contributed by atoms with Crippen molar-refractivity contribution in [1.82, 2.24) is 5.32 Å². The Morgan fingerprint density at radius 1 is 1.29 bits per heavy atom. The number of hydrogen-bond donors (Lipinski definition) is 2. The van der Waals surface area contributed by atoms with Gasteiger partial charge in [0, 0.05) is 10.9 Å². The molecule has 2 atom stereocenters. The van der Waals surface area contributed by atoms with Gasteiger partial charge in [0.25, 0.3) is 0 Å². The summed E-state index contributed by atoms with van der Waals surface area (Å²) in [6, 6.07) is 6.36. The number of amides is 1. The summed E-state index contributed by atoms with van der Waals surface area (Å²) in [5.74, 6) is -1.10. The maximum Gasteiger partial charge on any atom is 0.305 e. The molecule has 0 saturated carbocycles. The smallest absolute Gasteiger partial charge is 0.305 e. The highest BCUT2D eigenvalue weighted by Crippen LogP contribution is 2.23. The van der Waals surface area contributed by atoms with Gasteiger partial charge in [-0.15, -0.1) is 0 Å². The number of halogens is 1. The van der Waals surface area contributed by atoms with E-state index in [4.69, 9.17) is 16.7 Å². The highest BCUT2D eigenvalue weighted by molar-refractivity contribution is 6.30. The molecule has 1 amide bonds. The van der Waals surface area contributed by atoms with Crippen molar-refractivity contribution in [2.45, 2.75) is 31.7 Å². The number of carboxylic acids is 1. The van der Waals surface area contributed by atoms with Crippen LogP contribution in [0, 0.1) is 5.92 Å². The number of hydrogen-bond acceptors (Lipinski definition) is 2. The van der Waals surface area contributed by atoms with E-state index in [0.29, 0.717) is 11.4 Å². The summed E-state index contributed by atoms with van der Waals surface area (Å²) in [5.41, 5.74) is 0.751. The molecule has 1 aromatic carbocycles. The van der Waals surface area contributed by atoms with E-state index in [9.17, 15) is 9.59 Å². The lowest BCUT2D eigenvalue weighted by Gasteiger charge is -2.22. The van der Waals surface area contributed by atoms with E-state index in [1.54, 1.807) is 24.3 Å². The average molecular weight is 308 g/mol. The first-order valence-electron chi connectivity index (χ1n) is 6.99. The van der Waals surface area contributed by atoms with Crippen LogP contribution in [-0.2, 0) is 9.59 Å². The second kappa shape index (κ2) is 7.27. The van der Waals surface area contributed by atoms with Crippen molar-refractivity contribution in [3.8, 4) is 0 Å². The van der Waals surface area contributed by atoms with Crippen molar-refractivity contribution in [3.63, 3.8) is 0 Å². The van der Waals surface area contributed by atoms with E-state index in [1.807, 2.05) is 6.08 Å². The average Bonchev–Trinajstić information content (AvgIpc) is 2.48. The highest BCUT2D eigenvalue weighted by atomic mass is 35.5. The summed E-state index contributed by atoms with van der Waals surface area (Å²) in [6.07, 6.45) is 6.34. The van der Waals surface area contributed by atoms with Crippen molar-refractivity contribution < 1.29 is 14.7 Å². The third-order valence-corrected chi connectivity index (χ3v) is 3.86. The molecule has 1 unspecified atom stereocenters. The molecule has 112 valence electrons. The van der Waals surface area contributed by atoms with Crippen molar-refractivity contribution in [1.29, 1.82) is 0 Å². The molecule has 0 aromatic heterocycles. The Morgan fingerprint density at radius 3 is 2.57 bits per heavy atom. The van der Waals surface area contributed by atoms with Gasteiger partial charge in [-0.2, -0.15) is 0 Å². The van der Waals surface area contributed by atoms with Crippen LogP contribution in [0.15, 0.2) is 36.4 Å². The number of aliphatic carboxylic acids is 1. The molecule has 5 heteroatoms. The largest absolute Gasteiger partial charge is 0.481 e. The number of rotatable bonds is 5. The molecule has 21 heavy (non-hydrogen) atoms. The SMILES string of the molecule is O=C(O)C[C@H](NC(=O)C1CC=CCC1)c1ccc(Cl)cc1. The van der Waals surface area contributed by atoms with E-state index >= 15 is 0 Å². The van der Waals surface area contributed by atoms with Crippen LogP contribution in [-0.4, -0.2) is 17.0 Å². The van der Waals surface area contributed by atoms with E-state index in [0.717, 1.165) is 18.4 Å². The van der Waals surface area contributed by atoms with Crippen LogP contribution >= 0.6 is 11.6 Å². The summed E-state index contributed by atoms with van der Waals surface area (Å²) >= 11 is 5.84. The zero-order valence-corrected chi connectivity index (χ0v) is 12.3. The van der Waals surface area contributed by atoms with Crippen molar-refractivity contribution in [2.24, 2.45) is 5.92 Å². The van der Waals surface area contributed by atoms with Gasteiger partial charge in [0.2, 0.25) is 5.91 Å². The van der Waals surface area contributed by atoms with Crippen molar-refractivity contribution in [2.75, 3.05) is 0 Å². The predicted octanol–water partition coefficient (Wildman–Crippen LogP) is 3.33. The fraction of sp³-hybridized carbons (Fsp3) is 0.375. The molecule has 1 aliphatic rings. The quantitative estimate of drug-likeness (QED) is 0.820. The molecule has 0 radical (unpaired) electrons. The van der Waals surface area contributed by atoms with Crippen LogP contribution < -0.4 is 5.32 Å². The van der Waals surface area contributed by atoms with Crippen LogP contribution in [0.1, 0.15) is 37.3 Å². The zero-order chi connectivity index (χ0) is 15.2. The monoisotopic (exact) mass is 307 g/mol. The zero-order valence-electron chi connectivity index (χ0n) is 11.6. The van der Waals surface area contributed by atoms with Gasteiger partial charge in [0.1, 0.15) is 0 Å². The molecule has 0 aliphatic heterocycles. The molecular weight excluding hydrogens is 290 g/mol. The maximum absolute atomic E-state index is 12.3. The van der Waals surface area contributed by atoms with Crippen LogP contribution in [0.2, 0.25) is 5.02 Å². The fourth-order valence-electron chi connectivity index (χ4n) is 2.44. The van der Waals surface area contributed by atoms with Crippen molar-refractivity contribution >= 4 is 23.5 Å². The second-order valence-corrected chi connectivity index (χ2v) is 5.63. The van der Waals surface area contributed by atoms with E-state index in [-0.39, 0.29) is 18.2 Å². The fourth-order valence-corrected chi connectivity index (χ4v) is 2.57. The van der Waals surface area contributed by atoms with Gasteiger partial charge in [-0.25, -0.2) is 0 Å². The van der Waals surface area contributed by atoms with Gasteiger partial charge in [0.15, 0.2) is 0 Å². The Hall–Kier alpha value is -1.81. The predicted molar refractivity (Wildman–Crippen MR) is 81.1 cm³/mol.